The summed E-state index contributed by atoms with van der Waals surface area (Å²) in [4.78, 5) is 1.86. The molecular weight excluding hydrogens is 231 g/mol. The van der Waals surface area contributed by atoms with Gasteiger partial charge in [-0.25, -0.2) is 0 Å². The third kappa shape index (κ3) is 2.39. The minimum absolute atomic E-state index is 0.481. The summed E-state index contributed by atoms with van der Waals surface area (Å²) in [6, 6.07) is 5.02. The first-order valence-electron chi connectivity index (χ1n) is 5.49. The number of hydrogen-bond acceptors (Lipinski definition) is 2. The molecule has 0 bridgehead atoms. The molecule has 1 saturated heterocycles. The zero-order valence-corrected chi connectivity index (χ0v) is 9.46. The van der Waals surface area contributed by atoms with Crippen LogP contribution in [-0.2, 0) is 6.18 Å². The average molecular weight is 245 g/mol. The van der Waals surface area contributed by atoms with Crippen molar-refractivity contribution in [2.45, 2.75) is 25.1 Å². The predicted octanol–water partition coefficient (Wildman–Crippen LogP) is 2.67. The lowest BCUT2D eigenvalue weighted by Crippen LogP contribution is -2.61. The largest absolute Gasteiger partial charge is 0.416 e. The molecule has 0 atom stereocenters. The Balaban J connectivity index is 2.06. The van der Waals surface area contributed by atoms with Crippen LogP contribution >= 0.6 is 0 Å². The highest BCUT2D eigenvalue weighted by Crippen LogP contribution is 2.33. The molecule has 5 heteroatoms. The quantitative estimate of drug-likeness (QED) is 0.865. The molecule has 1 aromatic carbocycles. The summed E-state index contributed by atoms with van der Waals surface area (Å²) in [6.45, 7) is 2.85. The van der Waals surface area contributed by atoms with Crippen LogP contribution in [0.5, 0.6) is 0 Å². The van der Waals surface area contributed by atoms with Crippen molar-refractivity contribution in [3.8, 4) is 0 Å². The average Bonchev–Trinajstić information content (AvgIpc) is 2.24. The fourth-order valence-corrected chi connectivity index (χ4v) is 1.93. The number of halogens is 3. The van der Waals surface area contributed by atoms with Crippen molar-refractivity contribution < 1.29 is 18.3 Å². The van der Waals surface area contributed by atoms with E-state index in [0.29, 0.717) is 19.5 Å². The number of benzene rings is 1. The summed E-state index contributed by atoms with van der Waals surface area (Å²) in [5, 5.41) is 9.81. The predicted molar refractivity (Wildman–Crippen MR) is 58.9 cm³/mol. The molecule has 0 spiro atoms. The SMILES string of the molecule is CCC1(O)CN(c2ccc(C(F)(F)F)cc2)C1. The Bertz CT molecular complexity index is 393. The molecule has 1 aromatic rings. The van der Waals surface area contributed by atoms with Crippen molar-refractivity contribution in [2.75, 3.05) is 18.0 Å². The van der Waals surface area contributed by atoms with E-state index in [2.05, 4.69) is 0 Å². The third-order valence-electron chi connectivity index (χ3n) is 3.19. The normalized spacial score (nSPS) is 19.0. The van der Waals surface area contributed by atoms with Gasteiger partial charge in [-0.05, 0) is 30.7 Å². The number of aliphatic hydroxyl groups is 1. The molecule has 2 nitrogen and oxygen atoms in total. The molecule has 1 aliphatic heterocycles. The van der Waals surface area contributed by atoms with Gasteiger partial charge < -0.3 is 10.0 Å². The second-order valence-electron chi connectivity index (χ2n) is 4.48. The molecule has 1 aliphatic rings. The van der Waals surface area contributed by atoms with E-state index in [9.17, 15) is 18.3 Å². The molecule has 0 unspecified atom stereocenters. The zero-order chi connectivity index (χ0) is 12.7. The minimum Gasteiger partial charge on any atom is -0.386 e. The number of anilines is 1. The molecule has 0 radical (unpaired) electrons. The van der Waals surface area contributed by atoms with Crippen LogP contribution in [0.4, 0.5) is 18.9 Å². The monoisotopic (exact) mass is 245 g/mol. The van der Waals surface area contributed by atoms with Gasteiger partial charge in [0.15, 0.2) is 0 Å². The minimum atomic E-state index is -4.29. The maximum absolute atomic E-state index is 12.3. The van der Waals surface area contributed by atoms with Crippen molar-refractivity contribution in [1.82, 2.24) is 0 Å². The molecule has 2 rings (SSSR count). The lowest BCUT2D eigenvalue weighted by molar-refractivity contribution is -0.137. The summed E-state index contributed by atoms with van der Waals surface area (Å²) in [5.74, 6) is 0. The number of hydrogen-bond donors (Lipinski definition) is 1. The summed E-state index contributed by atoms with van der Waals surface area (Å²) >= 11 is 0. The van der Waals surface area contributed by atoms with Gasteiger partial charge in [0.25, 0.3) is 0 Å². The second-order valence-corrected chi connectivity index (χ2v) is 4.48. The topological polar surface area (TPSA) is 23.5 Å². The van der Waals surface area contributed by atoms with Gasteiger partial charge in [-0.3, -0.25) is 0 Å². The van der Waals surface area contributed by atoms with Crippen molar-refractivity contribution >= 4 is 5.69 Å². The Kier molecular flexibility index (Phi) is 2.81. The third-order valence-corrected chi connectivity index (χ3v) is 3.19. The van der Waals surface area contributed by atoms with Gasteiger partial charge in [0.05, 0.1) is 11.2 Å². The molecule has 1 N–H and O–H groups in total. The lowest BCUT2D eigenvalue weighted by atomic mass is 9.91. The van der Waals surface area contributed by atoms with Gasteiger partial charge >= 0.3 is 6.18 Å². The number of rotatable bonds is 2. The van der Waals surface area contributed by atoms with Crippen LogP contribution in [0.15, 0.2) is 24.3 Å². The lowest BCUT2D eigenvalue weighted by Gasteiger charge is -2.47. The summed E-state index contributed by atoms with van der Waals surface area (Å²) in [5.41, 5.74) is -0.605. The Morgan fingerprint density at radius 2 is 1.76 bits per heavy atom. The molecule has 1 fully saturated rings. The van der Waals surface area contributed by atoms with Crippen molar-refractivity contribution in [1.29, 1.82) is 0 Å². The highest BCUT2D eigenvalue weighted by Gasteiger charge is 2.39. The van der Waals surface area contributed by atoms with Gasteiger partial charge in [-0.15, -0.1) is 0 Å². The first-order chi connectivity index (χ1) is 7.84. The van der Waals surface area contributed by atoms with Crippen LogP contribution in [0.1, 0.15) is 18.9 Å². The van der Waals surface area contributed by atoms with E-state index in [1.54, 1.807) is 0 Å². The molecule has 0 aromatic heterocycles. The smallest absolute Gasteiger partial charge is 0.386 e. The van der Waals surface area contributed by atoms with Gasteiger partial charge in [-0.1, -0.05) is 6.92 Å². The Hall–Kier alpha value is -1.23. The van der Waals surface area contributed by atoms with Crippen molar-refractivity contribution in [3.05, 3.63) is 29.8 Å². The van der Waals surface area contributed by atoms with E-state index in [0.717, 1.165) is 17.8 Å². The van der Waals surface area contributed by atoms with E-state index in [-0.39, 0.29) is 0 Å². The van der Waals surface area contributed by atoms with Crippen LogP contribution in [0.25, 0.3) is 0 Å². The first-order valence-corrected chi connectivity index (χ1v) is 5.49. The van der Waals surface area contributed by atoms with Crippen LogP contribution < -0.4 is 4.90 Å². The van der Waals surface area contributed by atoms with Crippen molar-refractivity contribution in [3.63, 3.8) is 0 Å². The Labute approximate surface area is 97.7 Å². The highest BCUT2D eigenvalue weighted by atomic mass is 19.4. The molecular formula is C12H14F3NO. The summed E-state index contributed by atoms with van der Waals surface area (Å²) < 4.78 is 37.0. The summed E-state index contributed by atoms with van der Waals surface area (Å²) in [7, 11) is 0. The summed E-state index contributed by atoms with van der Waals surface area (Å²) in [6.07, 6.45) is -3.64. The number of nitrogens with zero attached hydrogens (tertiary/aromatic N) is 1. The number of alkyl halides is 3. The number of β-amino-alcohol motifs (C(OH)–C–C–N with tert-alkyl or cyclic N) is 1. The Morgan fingerprint density at radius 1 is 1.24 bits per heavy atom. The van der Waals surface area contributed by atoms with Crippen LogP contribution in [0.2, 0.25) is 0 Å². The standard InChI is InChI=1S/C12H14F3NO/c1-2-11(17)7-16(8-11)10-5-3-9(4-6-10)12(13,14)15/h3-6,17H,2,7-8H2,1H3. The molecule has 17 heavy (non-hydrogen) atoms. The molecule has 0 amide bonds. The molecule has 1 heterocycles. The molecule has 94 valence electrons. The van der Waals surface area contributed by atoms with Crippen LogP contribution in [0.3, 0.4) is 0 Å². The van der Waals surface area contributed by atoms with E-state index < -0.39 is 17.3 Å². The molecule has 0 aliphatic carbocycles. The van der Waals surface area contributed by atoms with Gasteiger partial charge in [0, 0.05) is 18.8 Å². The van der Waals surface area contributed by atoms with E-state index in [4.69, 9.17) is 0 Å². The maximum atomic E-state index is 12.3. The second kappa shape index (κ2) is 3.91. The van der Waals surface area contributed by atoms with E-state index in [1.165, 1.54) is 12.1 Å². The van der Waals surface area contributed by atoms with Gasteiger partial charge in [-0.2, -0.15) is 13.2 Å². The highest BCUT2D eigenvalue weighted by molar-refractivity contribution is 5.51. The van der Waals surface area contributed by atoms with Gasteiger partial charge in [0.1, 0.15) is 0 Å². The van der Waals surface area contributed by atoms with Gasteiger partial charge in [0.2, 0.25) is 0 Å². The van der Waals surface area contributed by atoms with Crippen LogP contribution in [0, 0.1) is 0 Å². The fraction of sp³-hybridized carbons (Fsp3) is 0.500. The fourth-order valence-electron chi connectivity index (χ4n) is 1.93. The van der Waals surface area contributed by atoms with E-state index in [1.807, 2.05) is 11.8 Å². The maximum Gasteiger partial charge on any atom is 0.416 e. The van der Waals surface area contributed by atoms with Crippen molar-refractivity contribution in [2.24, 2.45) is 0 Å². The van der Waals surface area contributed by atoms with Crippen LogP contribution in [-0.4, -0.2) is 23.8 Å². The Morgan fingerprint density at radius 3 is 2.18 bits per heavy atom. The van der Waals surface area contributed by atoms with E-state index >= 15 is 0 Å². The zero-order valence-electron chi connectivity index (χ0n) is 9.46. The molecule has 0 saturated carbocycles. The first kappa shape index (κ1) is 12.2.